The Kier molecular flexibility index (Phi) is 5.52. The fraction of sp³-hybridized carbons (Fsp3) is 0.786. The largest absolute Gasteiger partial charge is 0.369 e. The summed E-state index contributed by atoms with van der Waals surface area (Å²) in [5.74, 6) is 2.30. The topological polar surface area (TPSA) is 57.2 Å². The lowest BCUT2D eigenvalue weighted by Crippen LogP contribution is -2.35. The average Bonchev–Trinajstić information content (AvgIpc) is 2.44. The van der Waals surface area contributed by atoms with Crippen LogP contribution in [-0.4, -0.2) is 60.4 Å². The number of nitrogens with one attached hydrogen (secondary N) is 1. The zero-order chi connectivity index (χ0) is 14.4. The highest BCUT2D eigenvalue weighted by atomic mass is 15.3. The molecule has 6 nitrogen and oxygen atoms in total. The van der Waals surface area contributed by atoms with Crippen LogP contribution in [0.5, 0.6) is 0 Å². The van der Waals surface area contributed by atoms with Crippen LogP contribution in [0.4, 0.5) is 11.8 Å². The van der Waals surface area contributed by atoms with E-state index in [4.69, 9.17) is 0 Å². The molecule has 1 unspecified atom stereocenters. The highest BCUT2D eigenvalue weighted by Gasteiger charge is 2.19. The van der Waals surface area contributed by atoms with Crippen molar-refractivity contribution in [2.24, 2.45) is 5.92 Å². The molecule has 1 aromatic heterocycles. The molecule has 2 rings (SSSR count). The Morgan fingerprint density at radius 1 is 1.45 bits per heavy atom. The van der Waals surface area contributed by atoms with Gasteiger partial charge in [-0.2, -0.15) is 10.1 Å². The first kappa shape index (κ1) is 15.0. The Balaban J connectivity index is 1.87. The molecule has 1 fully saturated rings. The molecule has 0 saturated carbocycles. The van der Waals surface area contributed by atoms with E-state index in [9.17, 15) is 0 Å². The molecule has 112 valence electrons. The second-order valence-corrected chi connectivity index (χ2v) is 5.92. The molecule has 1 N–H and O–H groups in total. The van der Waals surface area contributed by atoms with Gasteiger partial charge >= 0.3 is 0 Å². The Labute approximate surface area is 121 Å². The molecule has 0 aromatic carbocycles. The zero-order valence-electron chi connectivity index (χ0n) is 12.8. The van der Waals surface area contributed by atoms with Crippen LogP contribution in [-0.2, 0) is 0 Å². The first-order valence-electron chi connectivity index (χ1n) is 7.48. The van der Waals surface area contributed by atoms with E-state index in [0.717, 1.165) is 44.4 Å². The molecule has 1 atom stereocenters. The average molecular weight is 278 g/mol. The maximum absolute atomic E-state index is 4.58. The van der Waals surface area contributed by atoms with Crippen LogP contribution < -0.4 is 10.2 Å². The second kappa shape index (κ2) is 7.38. The van der Waals surface area contributed by atoms with E-state index in [-0.39, 0.29) is 0 Å². The maximum atomic E-state index is 4.58. The lowest BCUT2D eigenvalue weighted by atomic mass is 10.0. The van der Waals surface area contributed by atoms with Crippen LogP contribution in [0.3, 0.4) is 0 Å². The van der Waals surface area contributed by atoms with Crippen molar-refractivity contribution in [1.29, 1.82) is 0 Å². The number of nitrogens with zero attached hydrogens (tertiary/aromatic N) is 5. The summed E-state index contributed by atoms with van der Waals surface area (Å²) in [5.41, 5.74) is 0. The molecule has 0 amide bonds. The van der Waals surface area contributed by atoms with Crippen molar-refractivity contribution < 1.29 is 0 Å². The van der Waals surface area contributed by atoms with Gasteiger partial charge in [0, 0.05) is 19.6 Å². The van der Waals surface area contributed by atoms with E-state index in [1.54, 1.807) is 6.20 Å². The molecule has 1 aromatic rings. The van der Waals surface area contributed by atoms with E-state index in [1.807, 2.05) is 0 Å². The first-order chi connectivity index (χ1) is 9.65. The quantitative estimate of drug-likeness (QED) is 0.795. The van der Waals surface area contributed by atoms with Gasteiger partial charge in [-0.15, -0.1) is 5.10 Å². The lowest BCUT2D eigenvalue weighted by molar-refractivity contribution is 0.405. The third-order valence-electron chi connectivity index (χ3n) is 3.58. The van der Waals surface area contributed by atoms with Gasteiger partial charge in [0.2, 0.25) is 5.95 Å². The number of hydrogen-bond acceptors (Lipinski definition) is 6. The van der Waals surface area contributed by atoms with Gasteiger partial charge in [0.15, 0.2) is 5.82 Å². The normalized spacial score (nSPS) is 19.4. The monoisotopic (exact) mass is 278 g/mol. The summed E-state index contributed by atoms with van der Waals surface area (Å²) in [5, 5.41) is 11.6. The van der Waals surface area contributed by atoms with E-state index >= 15 is 0 Å². The van der Waals surface area contributed by atoms with Crippen molar-refractivity contribution in [2.45, 2.75) is 26.2 Å². The highest BCUT2D eigenvalue weighted by Crippen LogP contribution is 2.19. The predicted molar refractivity (Wildman–Crippen MR) is 82.1 cm³/mol. The molecule has 0 radical (unpaired) electrons. The SMILES string of the molecule is CC1CCCN(c2nncc(NCCCN(C)C)n2)C1. The standard InChI is InChI=1S/C14H26N6/c1-12-6-4-9-20(11-12)14-17-13(10-16-18-14)15-7-5-8-19(2)3/h10,12H,4-9,11H2,1-3H3,(H,15,17,18). The molecule has 20 heavy (non-hydrogen) atoms. The van der Waals surface area contributed by atoms with Crippen molar-refractivity contribution in [3.8, 4) is 0 Å². The first-order valence-corrected chi connectivity index (χ1v) is 7.48. The zero-order valence-corrected chi connectivity index (χ0v) is 12.8. The van der Waals surface area contributed by atoms with Crippen LogP contribution in [0, 0.1) is 5.92 Å². The molecule has 1 saturated heterocycles. The minimum absolute atomic E-state index is 0.712. The van der Waals surface area contributed by atoms with Crippen molar-refractivity contribution in [2.75, 3.05) is 50.5 Å². The number of aromatic nitrogens is 3. The van der Waals surface area contributed by atoms with Crippen molar-refractivity contribution >= 4 is 11.8 Å². The number of anilines is 2. The van der Waals surface area contributed by atoms with E-state index < -0.39 is 0 Å². The molecule has 0 bridgehead atoms. The van der Waals surface area contributed by atoms with Gasteiger partial charge in [-0.25, -0.2) is 0 Å². The Morgan fingerprint density at radius 2 is 2.30 bits per heavy atom. The summed E-state index contributed by atoms with van der Waals surface area (Å²) in [6.07, 6.45) is 5.30. The maximum Gasteiger partial charge on any atom is 0.247 e. The molecule has 0 aliphatic carbocycles. The van der Waals surface area contributed by atoms with E-state index in [0.29, 0.717) is 5.92 Å². The molecule has 1 aliphatic rings. The van der Waals surface area contributed by atoms with Crippen molar-refractivity contribution in [1.82, 2.24) is 20.1 Å². The number of hydrogen-bond donors (Lipinski definition) is 1. The summed E-state index contributed by atoms with van der Waals surface area (Å²) in [6, 6.07) is 0. The second-order valence-electron chi connectivity index (χ2n) is 5.92. The molecular formula is C14H26N6. The Hall–Kier alpha value is -1.43. The van der Waals surface area contributed by atoms with Crippen LogP contribution in [0.2, 0.25) is 0 Å². The fourth-order valence-electron chi connectivity index (χ4n) is 2.50. The fourth-order valence-corrected chi connectivity index (χ4v) is 2.50. The van der Waals surface area contributed by atoms with Gasteiger partial charge in [0.1, 0.15) is 0 Å². The van der Waals surface area contributed by atoms with Crippen LogP contribution in [0.15, 0.2) is 6.20 Å². The summed E-state index contributed by atoms with van der Waals surface area (Å²) in [7, 11) is 4.17. The lowest BCUT2D eigenvalue weighted by Gasteiger charge is -2.30. The highest BCUT2D eigenvalue weighted by molar-refractivity contribution is 5.39. The third kappa shape index (κ3) is 4.59. The van der Waals surface area contributed by atoms with E-state index in [1.165, 1.54) is 12.8 Å². The van der Waals surface area contributed by atoms with Gasteiger partial charge in [-0.1, -0.05) is 6.92 Å². The minimum Gasteiger partial charge on any atom is -0.369 e. The number of piperidine rings is 1. The minimum atomic E-state index is 0.712. The summed E-state index contributed by atoms with van der Waals surface area (Å²) >= 11 is 0. The van der Waals surface area contributed by atoms with Gasteiger partial charge in [0.05, 0.1) is 6.20 Å². The van der Waals surface area contributed by atoms with Crippen molar-refractivity contribution in [3.63, 3.8) is 0 Å². The molecule has 0 spiro atoms. The van der Waals surface area contributed by atoms with Crippen molar-refractivity contribution in [3.05, 3.63) is 6.20 Å². The summed E-state index contributed by atoms with van der Waals surface area (Å²) in [6.45, 7) is 6.33. The van der Waals surface area contributed by atoms with Crippen LogP contribution in [0.25, 0.3) is 0 Å². The van der Waals surface area contributed by atoms with E-state index in [2.05, 4.69) is 51.3 Å². The Bertz CT molecular complexity index is 408. The smallest absolute Gasteiger partial charge is 0.247 e. The molecule has 1 aliphatic heterocycles. The van der Waals surface area contributed by atoms with Gasteiger partial charge in [0.25, 0.3) is 0 Å². The summed E-state index contributed by atoms with van der Waals surface area (Å²) < 4.78 is 0. The molecule has 6 heteroatoms. The van der Waals surface area contributed by atoms with Crippen LogP contribution >= 0.6 is 0 Å². The van der Waals surface area contributed by atoms with Gasteiger partial charge in [-0.05, 0) is 45.8 Å². The third-order valence-corrected chi connectivity index (χ3v) is 3.58. The van der Waals surface area contributed by atoms with Crippen LogP contribution in [0.1, 0.15) is 26.2 Å². The van der Waals surface area contributed by atoms with Gasteiger partial charge in [-0.3, -0.25) is 0 Å². The Morgan fingerprint density at radius 3 is 3.05 bits per heavy atom. The molecule has 2 heterocycles. The van der Waals surface area contributed by atoms with Gasteiger partial charge < -0.3 is 15.1 Å². The number of rotatable bonds is 6. The molecular weight excluding hydrogens is 252 g/mol. The summed E-state index contributed by atoms with van der Waals surface area (Å²) in [4.78, 5) is 9.00. The predicted octanol–water partition coefficient (Wildman–Crippen LogP) is 1.47.